The van der Waals surface area contributed by atoms with Crippen LogP contribution in [0.15, 0.2) is 71.6 Å². The highest BCUT2D eigenvalue weighted by molar-refractivity contribution is 7.92. The minimum absolute atomic E-state index is 0.0964. The Morgan fingerprint density at radius 3 is 2.16 bits per heavy atom. The molecule has 3 aromatic carbocycles. The van der Waals surface area contributed by atoms with Crippen molar-refractivity contribution in [3.05, 3.63) is 94.5 Å². The number of benzene rings is 3. The van der Waals surface area contributed by atoms with Gasteiger partial charge in [-0.3, -0.25) is 13.9 Å². The first-order valence-corrected chi connectivity index (χ1v) is 16.8. The number of sulfonamides is 1. The monoisotopic (exact) mass is 603 g/mol. The molecule has 0 bridgehead atoms. The van der Waals surface area contributed by atoms with Crippen LogP contribution in [0.2, 0.25) is 0 Å². The molecule has 230 valence electrons. The normalized spacial score (nSPS) is 14.6. The number of hydrogen-bond acceptors (Lipinski definition) is 4. The first-order chi connectivity index (χ1) is 20.5. The number of nitrogens with one attached hydrogen (secondary N) is 1. The molecule has 0 saturated heterocycles. The van der Waals surface area contributed by atoms with E-state index in [1.54, 1.807) is 35.2 Å². The second kappa shape index (κ2) is 14.2. The minimum Gasteiger partial charge on any atom is -0.352 e. The summed E-state index contributed by atoms with van der Waals surface area (Å²) in [5.74, 6) is -0.610. The van der Waals surface area contributed by atoms with Crippen LogP contribution in [-0.4, -0.2) is 43.8 Å². The molecule has 4 rings (SSSR count). The second-order valence-corrected chi connectivity index (χ2v) is 13.7. The zero-order chi connectivity index (χ0) is 31.1. The third-order valence-corrected chi connectivity index (χ3v) is 10.2. The Labute approximate surface area is 257 Å². The Morgan fingerprint density at radius 2 is 1.51 bits per heavy atom. The smallest absolute Gasteiger partial charge is 0.264 e. The lowest BCUT2D eigenvalue weighted by molar-refractivity contribution is -0.140. The van der Waals surface area contributed by atoms with Crippen molar-refractivity contribution in [3.63, 3.8) is 0 Å². The molecule has 8 heteroatoms. The zero-order valence-corrected chi connectivity index (χ0v) is 26.9. The molecule has 1 aliphatic carbocycles. The van der Waals surface area contributed by atoms with Gasteiger partial charge in [-0.05, 0) is 87.4 Å². The summed E-state index contributed by atoms with van der Waals surface area (Å²) >= 11 is 0. The molecule has 43 heavy (non-hydrogen) atoms. The average molecular weight is 604 g/mol. The van der Waals surface area contributed by atoms with Crippen molar-refractivity contribution in [1.29, 1.82) is 0 Å². The Morgan fingerprint density at radius 1 is 0.860 bits per heavy atom. The van der Waals surface area contributed by atoms with E-state index in [-0.39, 0.29) is 23.4 Å². The molecule has 0 unspecified atom stereocenters. The Hall–Kier alpha value is -3.65. The number of carbonyl (C=O) groups excluding carboxylic acids is 2. The molecule has 0 aliphatic heterocycles. The predicted molar refractivity (Wildman–Crippen MR) is 172 cm³/mol. The summed E-state index contributed by atoms with van der Waals surface area (Å²) in [6.07, 6.45) is 5.60. The predicted octanol–water partition coefficient (Wildman–Crippen LogP) is 6.37. The molecule has 3 aromatic rings. The van der Waals surface area contributed by atoms with Gasteiger partial charge < -0.3 is 10.2 Å². The fourth-order valence-corrected chi connectivity index (χ4v) is 7.24. The molecule has 1 aliphatic rings. The van der Waals surface area contributed by atoms with E-state index in [2.05, 4.69) is 5.32 Å². The summed E-state index contributed by atoms with van der Waals surface area (Å²) in [5, 5.41) is 3.20. The van der Waals surface area contributed by atoms with E-state index in [1.165, 1.54) is 10.7 Å². The van der Waals surface area contributed by atoms with Gasteiger partial charge in [-0.2, -0.15) is 0 Å². The standard InChI is InChI=1S/C35H45N3O4S/c1-6-32(35(40)36-30-14-8-7-9-15-30)37(23-29-13-11-10-12-27(29)4)34(39)24-38(33-22-26(3)16-19-28(33)5)43(41,42)31-20-17-25(2)18-21-31/h10-13,16-22,30,32H,6-9,14-15,23-24H2,1-5H3,(H,36,40)/t32-/m0/s1. The van der Waals surface area contributed by atoms with Crippen LogP contribution in [0.5, 0.6) is 0 Å². The van der Waals surface area contributed by atoms with Gasteiger partial charge in [0.15, 0.2) is 0 Å². The number of carbonyl (C=O) groups is 2. The molecule has 0 spiro atoms. The molecule has 0 aromatic heterocycles. The molecular formula is C35H45N3O4S. The van der Waals surface area contributed by atoms with Gasteiger partial charge >= 0.3 is 0 Å². The van der Waals surface area contributed by atoms with E-state index in [1.807, 2.05) is 71.0 Å². The Kier molecular flexibility index (Phi) is 10.7. The highest BCUT2D eigenvalue weighted by Crippen LogP contribution is 2.29. The third-order valence-electron chi connectivity index (χ3n) is 8.46. The zero-order valence-electron chi connectivity index (χ0n) is 26.1. The number of amides is 2. The Balaban J connectivity index is 1.74. The number of nitrogens with zero attached hydrogens (tertiary/aromatic N) is 2. The van der Waals surface area contributed by atoms with E-state index < -0.39 is 28.5 Å². The van der Waals surface area contributed by atoms with Crippen molar-refractivity contribution in [2.75, 3.05) is 10.8 Å². The molecule has 7 nitrogen and oxygen atoms in total. The van der Waals surface area contributed by atoms with E-state index in [9.17, 15) is 18.0 Å². The van der Waals surface area contributed by atoms with Gasteiger partial charge in [0, 0.05) is 12.6 Å². The summed E-state index contributed by atoms with van der Waals surface area (Å²) in [4.78, 5) is 29.8. The molecule has 1 N–H and O–H groups in total. The van der Waals surface area contributed by atoms with Gasteiger partial charge in [-0.15, -0.1) is 0 Å². The first-order valence-electron chi connectivity index (χ1n) is 15.3. The van der Waals surface area contributed by atoms with Gasteiger partial charge in [0.1, 0.15) is 12.6 Å². The van der Waals surface area contributed by atoms with Crippen LogP contribution in [0.25, 0.3) is 0 Å². The fraction of sp³-hybridized carbons (Fsp3) is 0.429. The average Bonchev–Trinajstić information content (AvgIpc) is 2.98. The van der Waals surface area contributed by atoms with Crippen LogP contribution in [0.3, 0.4) is 0 Å². The molecule has 1 fully saturated rings. The van der Waals surface area contributed by atoms with Crippen LogP contribution in [-0.2, 0) is 26.2 Å². The highest BCUT2D eigenvalue weighted by Gasteiger charge is 2.35. The minimum atomic E-state index is -4.11. The first kappa shape index (κ1) is 32.3. The van der Waals surface area contributed by atoms with Gasteiger partial charge in [-0.25, -0.2) is 8.42 Å². The SMILES string of the molecule is CC[C@@H](C(=O)NC1CCCCC1)N(Cc1ccccc1C)C(=O)CN(c1cc(C)ccc1C)S(=O)(=O)c1ccc(C)cc1. The molecule has 2 amide bonds. The maximum atomic E-state index is 14.4. The van der Waals surface area contributed by atoms with Crippen molar-refractivity contribution >= 4 is 27.5 Å². The molecule has 0 heterocycles. The highest BCUT2D eigenvalue weighted by atomic mass is 32.2. The summed E-state index contributed by atoms with van der Waals surface area (Å²) in [5.41, 5.74) is 4.92. The topological polar surface area (TPSA) is 86.8 Å². The number of aryl methyl sites for hydroxylation is 4. The van der Waals surface area contributed by atoms with Crippen LogP contribution >= 0.6 is 0 Å². The number of rotatable bonds is 11. The summed E-state index contributed by atoms with van der Waals surface area (Å²) in [6.45, 7) is 9.28. The van der Waals surface area contributed by atoms with E-state index >= 15 is 0 Å². The van der Waals surface area contributed by atoms with Crippen molar-refractivity contribution in [3.8, 4) is 0 Å². The molecular weight excluding hydrogens is 558 g/mol. The van der Waals surface area contributed by atoms with Crippen molar-refractivity contribution in [2.45, 2.75) is 96.7 Å². The van der Waals surface area contributed by atoms with Crippen molar-refractivity contribution in [2.24, 2.45) is 0 Å². The maximum absolute atomic E-state index is 14.4. The van der Waals surface area contributed by atoms with Crippen molar-refractivity contribution in [1.82, 2.24) is 10.2 Å². The fourth-order valence-electron chi connectivity index (χ4n) is 5.77. The van der Waals surface area contributed by atoms with Gasteiger partial charge in [0.25, 0.3) is 10.0 Å². The van der Waals surface area contributed by atoms with Crippen molar-refractivity contribution < 1.29 is 18.0 Å². The molecule has 1 saturated carbocycles. The van der Waals surface area contributed by atoms with Crippen LogP contribution in [0, 0.1) is 27.7 Å². The van der Waals surface area contributed by atoms with E-state index in [0.29, 0.717) is 12.1 Å². The largest absolute Gasteiger partial charge is 0.352 e. The maximum Gasteiger partial charge on any atom is 0.264 e. The van der Waals surface area contributed by atoms with Gasteiger partial charge in [-0.1, -0.05) is 80.3 Å². The van der Waals surface area contributed by atoms with Gasteiger partial charge in [0.2, 0.25) is 11.8 Å². The quantitative estimate of drug-likeness (QED) is 0.276. The van der Waals surface area contributed by atoms with Crippen LogP contribution in [0.1, 0.15) is 73.3 Å². The van der Waals surface area contributed by atoms with Crippen LogP contribution in [0.4, 0.5) is 5.69 Å². The van der Waals surface area contributed by atoms with Gasteiger partial charge in [0.05, 0.1) is 10.6 Å². The van der Waals surface area contributed by atoms with Crippen LogP contribution < -0.4 is 9.62 Å². The summed E-state index contributed by atoms with van der Waals surface area (Å²) in [6, 6.07) is 19.4. The molecule has 0 radical (unpaired) electrons. The second-order valence-electron chi connectivity index (χ2n) is 11.8. The number of hydrogen-bond donors (Lipinski definition) is 1. The van der Waals surface area contributed by atoms with E-state index in [0.717, 1.165) is 53.5 Å². The third kappa shape index (κ3) is 7.85. The lowest BCUT2D eigenvalue weighted by Crippen LogP contribution is -2.54. The number of anilines is 1. The summed E-state index contributed by atoms with van der Waals surface area (Å²) < 4.78 is 29.6. The van der Waals surface area contributed by atoms with E-state index in [4.69, 9.17) is 0 Å². The summed E-state index contributed by atoms with van der Waals surface area (Å²) in [7, 11) is -4.11. The lowest BCUT2D eigenvalue weighted by atomic mass is 9.95. The lowest BCUT2D eigenvalue weighted by Gasteiger charge is -2.35. The Bertz CT molecular complexity index is 1530. The molecule has 1 atom stereocenters.